The van der Waals surface area contributed by atoms with Crippen LogP contribution in [-0.4, -0.2) is 33.2 Å². The summed E-state index contributed by atoms with van der Waals surface area (Å²) in [5, 5.41) is 0. The Morgan fingerprint density at radius 2 is 1.64 bits per heavy atom. The number of nitrogens with zero attached hydrogens (tertiary/aromatic N) is 1. The predicted octanol–water partition coefficient (Wildman–Crippen LogP) is 0.329. The van der Waals surface area contributed by atoms with Crippen molar-refractivity contribution in [2.45, 2.75) is 6.36 Å². The Morgan fingerprint density at radius 1 is 1.27 bits per heavy atom. The number of hydrogen-bond acceptors (Lipinski definition) is 3. The molecule has 0 N–H and O–H groups in total. The zero-order valence-electron chi connectivity index (χ0n) is 5.71. The molecule has 0 saturated carbocycles. The van der Waals surface area contributed by atoms with Gasteiger partial charge in [-0.2, -0.15) is 16.9 Å². The van der Waals surface area contributed by atoms with Crippen LogP contribution in [0.4, 0.5) is 13.2 Å². The van der Waals surface area contributed by atoms with Crippen molar-refractivity contribution in [2.24, 2.45) is 0 Å². The van der Waals surface area contributed by atoms with E-state index in [1.807, 2.05) is 0 Å². The lowest BCUT2D eigenvalue weighted by Gasteiger charge is -2.11. The number of halogens is 3. The van der Waals surface area contributed by atoms with Gasteiger partial charge >= 0.3 is 16.7 Å². The van der Waals surface area contributed by atoms with E-state index in [2.05, 4.69) is 4.18 Å². The topological polar surface area (TPSA) is 46.6 Å². The molecule has 0 aromatic heterocycles. The quantitative estimate of drug-likeness (QED) is 0.634. The lowest BCUT2D eigenvalue weighted by atomic mass is 11.3. The lowest BCUT2D eigenvalue weighted by molar-refractivity contribution is -0.273. The summed E-state index contributed by atoms with van der Waals surface area (Å²) in [5.74, 6) is 0. The van der Waals surface area contributed by atoms with Crippen LogP contribution >= 0.6 is 0 Å². The van der Waals surface area contributed by atoms with Crippen molar-refractivity contribution in [1.82, 2.24) is 4.31 Å². The molecule has 68 valence electrons. The Balaban J connectivity index is 4.40. The fourth-order valence-corrected chi connectivity index (χ4v) is 0.582. The van der Waals surface area contributed by atoms with E-state index >= 15 is 0 Å². The maximum Gasteiger partial charge on any atom is 0.538 e. The second-order valence-electron chi connectivity index (χ2n) is 1.77. The van der Waals surface area contributed by atoms with Crippen molar-refractivity contribution in [2.75, 3.05) is 14.1 Å². The van der Waals surface area contributed by atoms with E-state index in [9.17, 15) is 21.6 Å². The highest BCUT2D eigenvalue weighted by atomic mass is 32.2. The van der Waals surface area contributed by atoms with Crippen molar-refractivity contribution >= 4 is 10.3 Å². The molecule has 0 radical (unpaired) electrons. The van der Waals surface area contributed by atoms with Crippen LogP contribution in [0.5, 0.6) is 0 Å². The average Bonchev–Trinajstić information content (AvgIpc) is 1.56. The van der Waals surface area contributed by atoms with E-state index in [0.29, 0.717) is 4.31 Å². The maximum atomic E-state index is 11.3. The normalized spacial score (nSPS) is 14.0. The molecule has 0 atom stereocenters. The monoisotopic (exact) mass is 193 g/mol. The SMILES string of the molecule is CN(C)S(=O)(=O)OC(F)(F)F. The molecular weight excluding hydrogens is 187 g/mol. The van der Waals surface area contributed by atoms with E-state index in [1.54, 1.807) is 0 Å². The van der Waals surface area contributed by atoms with Gasteiger partial charge in [-0.1, -0.05) is 0 Å². The van der Waals surface area contributed by atoms with Crippen LogP contribution in [-0.2, 0) is 14.5 Å². The van der Waals surface area contributed by atoms with Gasteiger partial charge in [0.25, 0.3) is 0 Å². The number of alkyl halides is 3. The van der Waals surface area contributed by atoms with Gasteiger partial charge in [-0.05, 0) is 0 Å². The summed E-state index contributed by atoms with van der Waals surface area (Å²) in [6.45, 7) is 0. The summed E-state index contributed by atoms with van der Waals surface area (Å²) < 4.78 is 57.6. The molecule has 0 aromatic rings. The first-order valence-corrected chi connectivity index (χ1v) is 3.71. The molecule has 0 unspecified atom stereocenters. The Morgan fingerprint density at radius 3 is 1.73 bits per heavy atom. The molecule has 0 rings (SSSR count). The standard InChI is InChI=1S/C3H6F3NO3S/c1-7(2)11(8,9)10-3(4,5)6/h1-2H3. The van der Waals surface area contributed by atoms with Crippen LogP contribution in [0.15, 0.2) is 0 Å². The first kappa shape index (κ1) is 10.7. The number of hydrogen-bond donors (Lipinski definition) is 0. The van der Waals surface area contributed by atoms with Crippen molar-refractivity contribution in [1.29, 1.82) is 0 Å². The molecule has 0 heterocycles. The lowest BCUT2D eigenvalue weighted by Crippen LogP contribution is -2.30. The molecule has 0 saturated heterocycles. The van der Waals surface area contributed by atoms with Gasteiger partial charge in [0.2, 0.25) is 0 Å². The van der Waals surface area contributed by atoms with Crippen LogP contribution in [0.3, 0.4) is 0 Å². The molecule has 11 heavy (non-hydrogen) atoms. The highest BCUT2D eigenvalue weighted by molar-refractivity contribution is 7.84. The first-order chi connectivity index (χ1) is 4.65. The molecule has 0 bridgehead atoms. The smallest absolute Gasteiger partial charge is 0.185 e. The third-order valence-electron chi connectivity index (χ3n) is 0.647. The fraction of sp³-hybridized carbons (Fsp3) is 1.00. The Bertz CT molecular complexity index is 218. The van der Waals surface area contributed by atoms with Gasteiger partial charge in [0.15, 0.2) is 0 Å². The third-order valence-corrected chi connectivity index (χ3v) is 1.94. The minimum absolute atomic E-state index is 0.320. The summed E-state index contributed by atoms with van der Waals surface area (Å²) in [5.41, 5.74) is 0. The molecule has 0 amide bonds. The fourth-order valence-electron chi connectivity index (χ4n) is 0.194. The van der Waals surface area contributed by atoms with Gasteiger partial charge in [0.05, 0.1) is 0 Å². The average molecular weight is 193 g/mol. The van der Waals surface area contributed by atoms with Gasteiger partial charge in [0.1, 0.15) is 0 Å². The summed E-state index contributed by atoms with van der Waals surface area (Å²) in [7, 11) is -2.78. The van der Waals surface area contributed by atoms with Crippen LogP contribution in [0.2, 0.25) is 0 Å². The summed E-state index contributed by atoms with van der Waals surface area (Å²) in [6, 6.07) is 0. The second kappa shape index (κ2) is 2.95. The minimum atomic E-state index is -5.16. The highest BCUT2D eigenvalue weighted by Crippen LogP contribution is 2.20. The summed E-state index contributed by atoms with van der Waals surface area (Å²) in [6.07, 6.45) is -5.16. The first-order valence-electron chi connectivity index (χ1n) is 2.35. The van der Waals surface area contributed by atoms with Gasteiger partial charge in [-0.25, -0.2) is 0 Å². The van der Waals surface area contributed by atoms with E-state index in [4.69, 9.17) is 0 Å². The Kier molecular flexibility index (Phi) is 2.86. The van der Waals surface area contributed by atoms with Gasteiger partial charge in [-0.3, -0.25) is 0 Å². The van der Waals surface area contributed by atoms with Crippen LogP contribution in [0.25, 0.3) is 0 Å². The highest BCUT2D eigenvalue weighted by Gasteiger charge is 2.37. The van der Waals surface area contributed by atoms with Gasteiger partial charge in [0, 0.05) is 14.1 Å². The molecule has 0 spiro atoms. The molecule has 0 fully saturated rings. The van der Waals surface area contributed by atoms with Crippen molar-refractivity contribution in [3.63, 3.8) is 0 Å². The number of rotatable bonds is 2. The molecule has 0 aliphatic heterocycles. The van der Waals surface area contributed by atoms with Crippen molar-refractivity contribution in [3.05, 3.63) is 0 Å². The Hall–Kier alpha value is -0.340. The third kappa shape index (κ3) is 4.17. The Labute approximate surface area is 61.8 Å². The van der Waals surface area contributed by atoms with Gasteiger partial charge in [-0.15, -0.1) is 13.2 Å². The molecule has 0 aromatic carbocycles. The van der Waals surface area contributed by atoms with Crippen molar-refractivity contribution < 1.29 is 25.8 Å². The minimum Gasteiger partial charge on any atom is -0.185 e. The van der Waals surface area contributed by atoms with Crippen LogP contribution < -0.4 is 0 Å². The molecule has 8 heteroatoms. The van der Waals surface area contributed by atoms with E-state index in [0.717, 1.165) is 14.1 Å². The molecule has 4 nitrogen and oxygen atoms in total. The van der Waals surface area contributed by atoms with E-state index in [-0.39, 0.29) is 0 Å². The van der Waals surface area contributed by atoms with Crippen LogP contribution in [0.1, 0.15) is 0 Å². The van der Waals surface area contributed by atoms with E-state index < -0.39 is 16.7 Å². The summed E-state index contributed by atoms with van der Waals surface area (Å²) in [4.78, 5) is 0. The van der Waals surface area contributed by atoms with Crippen LogP contribution in [0, 0.1) is 0 Å². The van der Waals surface area contributed by atoms with E-state index in [1.165, 1.54) is 0 Å². The molecule has 0 aliphatic rings. The van der Waals surface area contributed by atoms with Crippen molar-refractivity contribution in [3.8, 4) is 0 Å². The molecule has 0 aliphatic carbocycles. The predicted molar refractivity (Wildman–Crippen MR) is 29.7 cm³/mol. The largest absolute Gasteiger partial charge is 0.538 e. The second-order valence-corrected chi connectivity index (χ2v) is 3.52. The summed E-state index contributed by atoms with van der Waals surface area (Å²) >= 11 is 0. The molecular formula is C3H6F3NO3S. The zero-order chi connectivity index (χ0) is 9.28. The maximum absolute atomic E-state index is 11.3. The van der Waals surface area contributed by atoms with Gasteiger partial charge < -0.3 is 0 Å². The zero-order valence-corrected chi connectivity index (χ0v) is 6.53.